The number of hydrogen-bond acceptors (Lipinski definition) is 6. The van der Waals surface area contributed by atoms with Crippen LogP contribution in [0, 0.1) is 5.92 Å². The third-order valence-electron chi connectivity index (χ3n) is 4.17. The number of nitrogens with zero attached hydrogens (tertiary/aromatic N) is 1. The van der Waals surface area contributed by atoms with Crippen molar-refractivity contribution < 1.29 is 29.0 Å². The van der Waals surface area contributed by atoms with Gasteiger partial charge in [-0.1, -0.05) is 30.3 Å². The smallest absolute Gasteiger partial charge is 0.416 e. The Morgan fingerprint density at radius 2 is 1.96 bits per heavy atom. The Balaban J connectivity index is 2.11. The largest absolute Gasteiger partial charge is 0.460 e. The monoisotopic (exact) mass is 377 g/mol. The van der Waals surface area contributed by atoms with E-state index in [1.54, 1.807) is 20.8 Å². The Kier molecular flexibility index (Phi) is 6.96. The summed E-state index contributed by atoms with van der Waals surface area (Å²) >= 11 is 0. The molecule has 0 radical (unpaired) electrons. The summed E-state index contributed by atoms with van der Waals surface area (Å²) in [6, 6.07) is 9.05. The van der Waals surface area contributed by atoms with E-state index in [0.29, 0.717) is 6.42 Å². The molecular weight excluding hydrogens is 350 g/mol. The van der Waals surface area contributed by atoms with E-state index in [1.165, 1.54) is 0 Å². The number of rotatable bonds is 7. The number of aliphatic hydroxyl groups is 1. The number of benzene rings is 1. The molecule has 7 nitrogen and oxygen atoms in total. The third-order valence-corrected chi connectivity index (χ3v) is 4.17. The number of carbonyl (C=O) groups is 3. The molecule has 7 heteroatoms. The molecule has 1 heterocycles. The molecule has 0 unspecified atom stereocenters. The fourth-order valence-electron chi connectivity index (χ4n) is 3.02. The molecular formula is C20H27NO6. The predicted molar refractivity (Wildman–Crippen MR) is 97.8 cm³/mol. The number of cyclic esters (lactones) is 1. The zero-order valence-electron chi connectivity index (χ0n) is 16.0. The van der Waals surface area contributed by atoms with Crippen LogP contribution in [0.2, 0.25) is 0 Å². The first-order valence-electron chi connectivity index (χ1n) is 9.07. The molecule has 2 amide bonds. The van der Waals surface area contributed by atoms with E-state index in [4.69, 9.17) is 9.47 Å². The predicted octanol–water partition coefficient (Wildman–Crippen LogP) is 2.31. The Morgan fingerprint density at radius 1 is 1.30 bits per heavy atom. The lowest BCUT2D eigenvalue weighted by atomic mass is 9.98. The molecule has 2 atom stereocenters. The lowest BCUT2D eigenvalue weighted by molar-refractivity contribution is -0.158. The summed E-state index contributed by atoms with van der Waals surface area (Å²) in [5.74, 6) is -1.89. The highest BCUT2D eigenvalue weighted by Gasteiger charge is 2.41. The molecule has 1 saturated heterocycles. The number of esters is 1. The van der Waals surface area contributed by atoms with Gasteiger partial charge in [0.15, 0.2) is 0 Å². The van der Waals surface area contributed by atoms with Crippen LogP contribution in [-0.2, 0) is 25.5 Å². The van der Waals surface area contributed by atoms with Gasteiger partial charge in [-0.15, -0.1) is 0 Å². The van der Waals surface area contributed by atoms with Gasteiger partial charge in [0.25, 0.3) is 0 Å². The maximum Gasteiger partial charge on any atom is 0.416 e. The van der Waals surface area contributed by atoms with Crippen molar-refractivity contribution in [2.45, 2.75) is 51.7 Å². The third kappa shape index (κ3) is 6.06. The second-order valence-corrected chi connectivity index (χ2v) is 7.63. The van der Waals surface area contributed by atoms with Gasteiger partial charge < -0.3 is 14.6 Å². The maximum absolute atomic E-state index is 13.0. The van der Waals surface area contributed by atoms with Crippen molar-refractivity contribution in [2.75, 3.05) is 13.2 Å². The van der Waals surface area contributed by atoms with Crippen molar-refractivity contribution in [1.29, 1.82) is 0 Å². The molecule has 27 heavy (non-hydrogen) atoms. The van der Waals surface area contributed by atoms with Crippen molar-refractivity contribution >= 4 is 18.0 Å². The van der Waals surface area contributed by atoms with Crippen LogP contribution in [0.25, 0.3) is 0 Å². The van der Waals surface area contributed by atoms with E-state index in [1.807, 2.05) is 30.3 Å². The molecule has 0 spiro atoms. The number of hydrogen-bond donors (Lipinski definition) is 1. The molecule has 1 aromatic carbocycles. The van der Waals surface area contributed by atoms with Crippen molar-refractivity contribution in [1.82, 2.24) is 4.90 Å². The normalized spacial score (nSPS) is 18.1. The topological polar surface area (TPSA) is 93.1 Å². The first-order valence-corrected chi connectivity index (χ1v) is 9.07. The van der Waals surface area contributed by atoms with Gasteiger partial charge in [0.05, 0.1) is 18.4 Å². The van der Waals surface area contributed by atoms with Gasteiger partial charge in [-0.2, -0.15) is 0 Å². The molecule has 0 bridgehead atoms. The van der Waals surface area contributed by atoms with Gasteiger partial charge >= 0.3 is 12.1 Å². The fraction of sp³-hybridized carbons (Fsp3) is 0.550. The fourth-order valence-corrected chi connectivity index (χ4v) is 3.02. The van der Waals surface area contributed by atoms with Crippen LogP contribution in [0.5, 0.6) is 0 Å². The van der Waals surface area contributed by atoms with Crippen LogP contribution >= 0.6 is 0 Å². The number of imide groups is 1. The first kappa shape index (κ1) is 20.9. The first-order chi connectivity index (χ1) is 12.7. The number of ether oxygens (including phenoxy) is 2. The van der Waals surface area contributed by atoms with Crippen molar-refractivity contribution in [3.05, 3.63) is 35.9 Å². The summed E-state index contributed by atoms with van der Waals surface area (Å²) in [4.78, 5) is 38.3. The molecule has 0 saturated carbocycles. The highest BCUT2D eigenvalue weighted by atomic mass is 16.6. The van der Waals surface area contributed by atoms with Crippen LogP contribution in [0.1, 0.15) is 39.2 Å². The molecule has 2 rings (SSSR count). The summed E-state index contributed by atoms with van der Waals surface area (Å²) in [7, 11) is 0. The van der Waals surface area contributed by atoms with E-state index in [0.717, 1.165) is 10.5 Å². The van der Waals surface area contributed by atoms with Crippen LogP contribution in [0.3, 0.4) is 0 Å². The SMILES string of the molecule is CC(C)(C)OC(=O)C[C@@H](CCO)C(=O)N1C(=O)OC[C@@H]1Cc1ccccc1. The Labute approximate surface area is 159 Å². The molecule has 1 aliphatic heterocycles. The summed E-state index contributed by atoms with van der Waals surface area (Å²) in [5.41, 5.74) is 0.302. The molecule has 0 aliphatic carbocycles. The Bertz CT molecular complexity index is 667. The number of amides is 2. The lowest BCUT2D eigenvalue weighted by Crippen LogP contribution is -2.44. The molecule has 1 aliphatic rings. The van der Waals surface area contributed by atoms with Crippen LogP contribution in [0.4, 0.5) is 4.79 Å². The van der Waals surface area contributed by atoms with Crippen molar-refractivity contribution in [3.8, 4) is 0 Å². The second kappa shape index (κ2) is 8.99. The lowest BCUT2D eigenvalue weighted by Gasteiger charge is -2.26. The van der Waals surface area contributed by atoms with Gasteiger partial charge in [-0.3, -0.25) is 9.59 Å². The van der Waals surface area contributed by atoms with E-state index < -0.39 is 35.5 Å². The standard InChI is InChI=1S/C20H27NO6/c1-20(2,3)27-17(23)12-15(9-10-22)18(24)21-16(13-26-19(21)25)11-14-7-5-4-6-8-14/h4-8,15-16,22H,9-13H2,1-3H3/t15-,16+/m1/s1. The Morgan fingerprint density at radius 3 is 2.56 bits per heavy atom. The molecule has 1 N–H and O–H groups in total. The number of carbonyl (C=O) groups excluding carboxylic acids is 3. The summed E-state index contributed by atoms with van der Waals surface area (Å²) < 4.78 is 10.3. The minimum absolute atomic E-state index is 0.0694. The van der Waals surface area contributed by atoms with Crippen LogP contribution in [-0.4, -0.2) is 52.8 Å². The van der Waals surface area contributed by atoms with Gasteiger partial charge in [0.2, 0.25) is 5.91 Å². The van der Waals surface area contributed by atoms with E-state index in [-0.39, 0.29) is 26.1 Å². The summed E-state index contributed by atoms with van der Waals surface area (Å²) in [5, 5.41) is 9.30. The van der Waals surface area contributed by atoms with Crippen molar-refractivity contribution in [2.24, 2.45) is 5.92 Å². The van der Waals surface area contributed by atoms with Crippen LogP contribution < -0.4 is 0 Å². The van der Waals surface area contributed by atoms with E-state index in [2.05, 4.69) is 0 Å². The van der Waals surface area contributed by atoms with Crippen molar-refractivity contribution in [3.63, 3.8) is 0 Å². The highest BCUT2D eigenvalue weighted by molar-refractivity contribution is 5.96. The zero-order chi connectivity index (χ0) is 20.0. The molecule has 1 fully saturated rings. The molecule has 0 aromatic heterocycles. The van der Waals surface area contributed by atoms with Crippen LogP contribution in [0.15, 0.2) is 30.3 Å². The van der Waals surface area contributed by atoms with Gasteiger partial charge in [0, 0.05) is 6.61 Å². The molecule has 1 aromatic rings. The zero-order valence-corrected chi connectivity index (χ0v) is 16.0. The summed E-state index contributed by atoms with van der Waals surface area (Å²) in [6.45, 7) is 5.05. The minimum atomic E-state index is -0.839. The van der Waals surface area contributed by atoms with Gasteiger partial charge in [-0.05, 0) is 39.2 Å². The maximum atomic E-state index is 13.0. The quantitative estimate of drug-likeness (QED) is 0.733. The van der Waals surface area contributed by atoms with Gasteiger partial charge in [0.1, 0.15) is 12.2 Å². The molecule has 148 valence electrons. The Hall–Kier alpha value is -2.41. The highest BCUT2D eigenvalue weighted by Crippen LogP contribution is 2.23. The second-order valence-electron chi connectivity index (χ2n) is 7.63. The number of aliphatic hydroxyl groups excluding tert-OH is 1. The summed E-state index contributed by atoms with van der Waals surface area (Å²) in [6.07, 6.45) is -0.372. The average molecular weight is 377 g/mol. The van der Waals surface area contributed by atoms with Gasteiger partial charge in [-0.25, -0.2) is 9.69 Å². The van der Waals surface area contributed by atoms with E-state index in [9.17, 15) is 19.5 Å². The average Bonchev–Trinajstić information content (AvgIpc) is 2.93. The van der Waals surface area contributed by atoms with E-state index >= 15 is 0 Å². The minimum Gasteiger partial charge on any atom is -0.460 e.